The van der Waals surface area contributed by atoms with Crippen LogP contribution in [0.3, 0.4) is 0 Å². The highest BCUT2D eigenvalue weighted by molar-refractivity contribution is 5.95. The van der Waals surface area contributed by atoms with Gasteiger partial charge in [0.05, 0.1) is 0 Å². The molecule has 30 heavy (non-hydrogen) atoms. The number of aliphatic carboxylic acids is 1. The number of rotatable bonds is 7. The van der Waals surface area contributed by atoms with Crippen molar-refractivity contribution in [3.63, 3.8) is 0 Å². The Kier molecular flexibility index (Phi) is 10.5. The smallest absolute Gasteiger partial charge is 0.415 e. The van der Waals surface area contributed by atoms with Crippen LogP contribution in [0.25, 0.3) is 0 Å². The average Bonchev–Trinajstić information content (AvgIpc) is 2.85. The minimum Gasteiger partial charge on any atom is -0.480 e. The number of amides is 1. The number of carbonyl (C=O) groups is 5. The monoisotopic (exact) mass is 432 g/mol. The summed E-state index contributed by atoms with van der Waals surface area (Å²) in [6.07, 6.45) is -0.370. The number of hydrogen-bond acceptors (Lipinski definition) is 9. The summed E-state index contributed by atoms with van der Waals surface area (Å²) < 4.78 is 14.3. The first-order valence-electron chi connectivity index (χ1n) is 9.44. The van der Waals surface area contributed by atoms with E-state index in [1.54, 1.807) is 41.5 Å². The van der Waals surface area contributed by atoms with Gasteiger partial charge < -0.3 is 30.4 Å². The summed E-state index contributed by atoms with van der Waals surface area (Å²) in [4.78, 5) is 54.4. The van der Waals surface area contributed by atoms with Crippen molar-refractivity contribution in [2.75, 3.05) is 0 Å². The van der Waals surface area contributed by atoms with E-state index in [1.165, 1.54) is 0 Å². The van der Waals surface area contributed by atoms with Crippen molar-refractivity contribution in [1.29, 1.82) is 0 Å². The highest BCUT2D eigenvalue weighted by atomic mass is 16.6. The molecule has 1 amide bonds. The molecule has 0 aromatic rings. The maximum absolute atomic E-state index is 11.3. The zero-order valence-corrected chi connectivity index (χ0v) is 18.3. The molecule has 2 atom stereocenters. The topological polar surface area (TPSA) is 171 Å². The predicted octanol–water partition coefficient (Wildman–Crippen LogP) is 1.26. The number of carbonyl (C=O) groups excluding carboxylic acids is 4. The van der Waals surface area contributed by atoms with Crippen molar-refractivity contribution < 1.29 is 43.3 Å². The van der Waals surface area contributed by atoms with Crippen LogP contribution >= 0.6 is 0 Å². The molecule has 11 nitrogen and oxygen atoms in total. The van der Waals surface area contributed by atoms with Gasteiger partial charge in [-0.25, -0.2) is 9.59 Å². The zero-order valence-electron chi connectivity index (χ0n) is 18.3. The summed E-state index contributed by atoms with van der Waals surface area (Å²) in [5.41, 5.74) is 4.14. The third kappa shape index (κ3) is 13.5. The van der Waals surface area contributed by atoms with E-state index in [4.69, 9.17) is 20.3 Å². The summed E-state index contributed by atoms with van der Waals surface area (Å²) in [7, 11) is 0. The Balaban J connectivity index is 0.000000567. The molecule has 0 bridgehead atoms. The first-order chi connectivity index (χ1) is 13.5. The first kappa shape index (κ1) is 27.3. The molecule has 1 aliphatic heterocycles. The van der Waals surface area contributed by atoms with Crippen molar-refractivity contribution in [3.8, 4) is 0 Å². The number of carboxylic acid groups (broad SMARTS) is 1. The molecule has 0 spiro atoms. The number of esters is 3. The highest BCUT2D eigenvalue weighted by Gasteiger charge is 2.32. The molecule has 0 aromatic heterocycles. The molecule has 11 heteroatoms. The fraction of sp³-hybridized carbons (Fsp3) is 0.737. The van der Waals surface area contributed by atoms with Gasteiger partial charge in [0.25, 0.3) is 0 Å². The number of cyclic esters (lactones) is 2. The van der Waals surface area contributed by atoms with E-state index >= 15 is 0 Å². The van der Waals surface area contributed by atoms with E-state index in [0.29, 0.717) is 0 Å². The molecular weight excluding hydrogens is 400 g/mol. The molecule has 1 aliphatic rings. The number of alkyl carbamates (subject to hydrolysis) is 1. The summed E-state index contributed by atoms with van der Waals surface area (Å²) in [5.74, 6) is -2.57. The molecule has 172 valence electrons. The Labute approximate surface area is 175 Å². The minimum atomic E-state index is -1.10. The highest BCUT2D eigenvalue weighted by Crippen LogP contribution is 2.12. The van der Waals surface area contributed by atoms with Crippen LogP contribution in [0.4, 0.5) is 4.79 Å². The van der Waals surface area contributed by atoms with Crippen LogP contribution in [-0.4, -0.2) is 58.4 Å². The van der Waals surface area contributed by atoms with Gasteiger partial charge in [-0.2, -0.15) is 0 Å². The van der Waals surface area contributed by atoms with Gasteiger partial charge in [-0.1, -0.05) is 0 Å². The van der Waals surface area contributed by atoms with E-state index in [-0.39, 0.29) is 25.7 Å². The summed E-state index contributed by atoms with van der Waals surface area (Å²) in [6.45, 7) is 10.5. The zero-order chi connectivity index (χ0) is 23.7. The van der Waals surface area contributed by atoms with E-state index in [1.807, 2.05) is 0 Å². The molecule has 4 N–H and O–H groups in total. The van der Waals surface area contributed by atoms with Crippen molar-refractivity contribution in [2.24, 2.45) is 5.73 Å². The van der Waals surface area contributed by atoms with Crippen LogP contribution in [-0.2, 0) is 33.4 Å². The minimum absolute atomic E-state index is 0.0325. The lowest BCUT2D eigenvalue weighted by molar-refractivity contribution is -0.156. The molecule has 1 saturated heterocycles. The number of nitrogens with two attached hydrogens (primary N) is 1. The van der Waals surface area contributed by atoms with Gasteiger partial charge in [0.2, 0.25) is 0 Å². The lowest BCUT2D eigenvalue weighted by Gasteiger charge is -2.19. The SMILES string of the molecule is CC(C)(C)OC(=O)CC[C@@H]1NC(=O)OC1=O.CC(C)(C)OC(=O)CC[C@H](N)C(=O)O. The van der Waals surface area contributed by atoms with Crippen molar-refractivity contribution in [2.45, 2.75) is 90.5 Å². The maximum Gasteiger partial charge on any atom is 0.415 e. The third-order valence-electron chi connectivity index (χ3n) is 3.22. The fourth-order valence-electron chi connectivity index (χ4n) is 2.03. The van der Waals surface area contributed by atoms with Crippen molar-refractivity contribution in [1.82, 2.24) is 5.32 Å². The predicted molar refractivity (Wildman–Crippen MR) is 104 cm³/mol. The largest absolute Gasteiger partial charge is 0.480 e. The molecule has 0 radical (unpaired) electrons. The van der Waals surface area contributed by atoms with Gasteiger partial charge in [0.15, 0.2) is 0 Å². The summed E-state index contributed by atoms with van der Waals surface area (Å²) >= 11 is 0. The van der Waals surface area contributed by atoms with Crippen LogP contribution in [0.1, 0.15) is 67.2 Å². The van der Waals surface area contributed by atoms with E-state index in [0.717, 1.165) is 0 Å². The summed E-state index contributed by atoms with van der Waals surface area (Å²) in [6, 6.07) is -1.73. The third-order valence-corrected chi connectivity index (χ3v) is 3.22. The van der Waals surface area contributed by atoms with Crippen molar-refractivity contribution >= 4 is 30.0 Å². The summed E-state index contributed by atoms with van der Waals surface area (Å²) in [5, 5.41) is 10.8. The van der Waals surface area contributed by atoms with Crippen molar-refractivity contribution in [3.05, 3.63) is 0 Å². The number of ether oxygens (including phenoxy) is 3. The van der Waals surface area contributed by atoms with E-state index < -0.39 is 53.3 Å². The Morgan fingerprint density at radius 2 is 1.50 bits per heavy atom. The van der Waals surface area contributed by atoms with Gasteiger partial charge in [-0.05, 0) is 54.4 Å². The van der Waals surface area contributed by atoms with Crippen LogP contribution < -0.4 is 11.1 Å². The maximum atomic E-state index is 11.3. The number of carboxylic acids is 1. The van der Waals surface area contributed by atoms with Crippen LogP contribution in [0, 0.1) is 0 Å². The van der Waals surface area contributed by atoms with Gasteiger partial charge in [-0.3, -0.25) is 14.4 Å². The second-order valence-corrected chi connectivity index (χ2v) is 8.60. The van der Waals surface area contributed by atoms with E-state index in [9.17, 15) is 24.0 Å². The first-order valence-corrected chi connectivity index (χ1v) is 9.44. The lowest BCUT2D eigenvalue weighted by Crippen LogP contribution is -2.31. The number of nitrogens with one attached hydrogen (secondary N) is 1. The van der Waals surface area contributed by atoms with Crippen LogP contribution in [0.15, 0.2) is 0 Å². The molecule has 0 unspecified atom stereocenters. The molecule has 0 aliphatic carbocycles. The van der Waals surface area contributed by atoms with E-state index in [2.05, 4.69) is 10.1 Å². The second-order valence-electron chi connectivity index (χ2n) is 8.60. The molecule has 1 rings (SSSR count). The van der Waals surface area contributed by atoms with Crippen LogP contribution in [0.2, 0.25) is 0 Å². The van der Waals surface area contributed by atoms with Crippen LogP contribution in [0.5, 0.6) is 0 Å². The Morgan fingerprint density at radius 1 is 1.03 bits per heavy atom. The molecule has 1 heterocycles. The Bertz CT molecular complexity index is 647. The van der Waals surface area contributed by atoms with Gasteiger partial charge in [-0.15, -0.1) is 0 Å². The average molecular weight is 432 g/mol. The quantitative estimate of drug-likeness (QED) is 0.302. The van der Waals surface area contributed by atoms with Gasteiger partial charge in [0.1, 0.15) is 23.3 Å². The molecule has 1 fully saturated rings. The normalized spacial score (nSPS) is 17.1. The Morgan fingerprint density at radius 3 is 1.87 bits per heavy atom. The second kappa shape index (κ2) is 11.5. The molecular formula is C19H32N2O9. The van der Waals surface area contributed by atoms with Gasteiger partial charge >= 0.3 is 30.0 Å². The fourth-order valence-corrected chi connectivity index (χ4v) is 2.03. The molecule has 0 saturated carbocycles. The lowest BCUT2D eigenvalue weighted by atomic mass is 10.1. The number of hydrogen-bond donors (Lipinski definition) is 3. The standard InChI is InChI=1S/C10H15NO5.C9H17NO4/c1-10(2,3)16-7(12)5-4-6-8(13)15-9(14)11-6;1-9(2,3)14-7(11)5-4-6(10)8(12)13/h6H,4-5H2,1-3H3,(H,11,14);6H,4-5,10H2,1-3H3,(H,12,13)/t2*6-/m00/s1. The van der Waals surface area contributed by atoms with Gasteiger partial charge in [0, 0.05) is 12.8 Å². The molecule has 0 aromatic carbocycles. The Hall–Kier alpha value is -2.69.